The molecule has 1 atom stereocenters. The van der Waals surface area contributed by atoms with Crippen LogP contribution in [0.1, 0.15) is 36.7 Å². The molecule has 1 heterocycles. The van der Waals surface area contributed by atoms with E-state index >= 15 is 0 Å². The summed E-state index contributed by atoms with van der Waals surface area (Å²) in [5.41, 5.74) is 1.44. The maximum absolute atomic E-state index is 13.4. The van der Waals surface area contributed by atoms with Crippen molar-refractivity contribution in [2.45, 2.75) is 26.8 Å². The fourth-order valence-corrected chi connectivity index (χ4v) is 4.55. The Hall–Kier alpha value is -3.38. The quantitative estimate of drug-likeness (QED) is 0.594. The van der Waals surface area contributed by atoms with Crippen LogP contribution in [-0.2, 0) is 4.79 Å². The van der Waals surface area contributed by atoms with Crippen LogP contribution in [0.2, 0.25) is 0 Å². The lowest BCUT2D eigenvalue weighted by molar-refractivity contribution is -0.119. The van der Waals surface area contributed by atoms with E-state index in [4.69, 9.17) is 19.5 Å². The molecule has 1 aliphatic rings. The van der Waals surface area contributed by atoms with Gasteiger partial charge in [0.1, 0.15) is 6.04 Å². The van der Waals surface area contributed by atoms with Crippen LogP contribution < -0.4 is 19.5 Å². The van der Waals surface area contributed by atoms with Gasteiger partial charge in [-0.25, -0.2) is 0 Å². The molecule has 1 fully saturated rings. The first-order valence-electron chi connectivity index (χ1n) is 10.8. The number of rotatable bonds is 9. The lowest BCUT2D eigenvalue weighted by Crippen LogP contribution is -2.44. The Labute approximate surface area is 197 Å². The first-order chi connectivity index (χ1) is 16.0. The fraction of sp³-hybridized carbons (Fsp3) is 0.375. The van der Waals surface area contributed by atoms with Crippen LogP contribution in [0.3, 0.4) is 0 Å². The van der Waals surface area contributed by atoms with Gasteiger partial charge in [-0.05, 0) is 57.2 Å². The second-order valence-corrected chi connectivity index (χ2v) is 8.07. The van der Waals surface area contributed by atoms with Crippen LogP contribution in [0, 0.1) is 11.3 Å². The molecule has 0 spiro atoms. The van der Waals surface area contributed by atoms with Gasteiger partial charge >= 0.3 is 0 Å². The van der Waals surface area contributed by atoms with Gasteiger partial charge in [0, 0.05) is 17.0 Å². The summed E-state index contributed by atoms with van der Waals surface area (Å²) in [4.78, 5) is 27.9. The minimum atomic E-state index is -0.629. The molecule has 1 saturated heterocycles. The van der Waals surface area contributed by atoms with Crippen molar-refractivity contribution in [3.63, 3.8) is 0 Å². The summed E-state index contributed by atoms with van der Waals surface area (Å²) in [6, 6.07) is 11.3. The van der Waals surface area contributed by atoms with Crippen LogP contribution in [0.5, 0.6) is 17.2 Å². The number of amides is 2. The van der Waals surface area contributed by atoms with Gasteiger partial charge < -0.3 is 24.4 Å². The molecule has 0 bridgehead atoms. The fourth-order valence-electron chi connectivity index (χ4n) is 3.39. The topological polar surface area (TPSA) is 101 Å². The summed E-state index contributed by atoms with van der Waals surface area (Å²) in [7, 11) is 0. The van der Waals surface area contributed by atoms with E-state index in [9.17, 15) is 9.59 Å². The first-order valence-corrected chi connectivity index (χ1v) is 11.9. The molecule has 174 valence electrons. The normalized spacial score (nSPS) is 15.0. The summed E-state index contributed by atoms with van der Waals surface area (Å²) < 4.78 is 17.2. The van der Waals surface area contributed by atoms with E-state index in [1.807, 2.05) is 26.8 Å². The highest BCUT2D eigenvalue weighted by molar-refractivity contribution is 7.99. The monoisotopic (exact) mass is 469 g/mol. The standard InChI is InChI=1S/C24H27N3O5S/c1-4-30-20-11-17(12-21(31-5-2)22(20)32-6-3)24(29)27-15-33-14-19(27)23(28)26-18-9-7-16(13-25)8-10-18/h7-12,19H,4-6,14-15H2,1-3H3,(H,26,28). The van der Waals surface area contributed by atoms with Gasteiger partial charge in [-0.1, -0.05) is 0 Å². The number of carbonyl (C=O) groups is 2. The van der Waals surface area contributed by atoms with Crippen molar-refractivity contribution < 1.29 is 23.8 Å². The second-order valence-electron chi connectivity index (χ2n) is 7.07. The van der Waals surface area contributed by atoms with Gasteiger partial charge in [0.15, 0.2) is 11.5 Å². The van der Waals surface area contributed by atoms with Gasteiger partial charge in [0.05, 0.1) is 37.3 Å². The van der Waals surface area contributed by atoms with Crippen LogP contribution in [0.15, 0.2) is 36.4 Å². The number of hydrogen-bond donors (Lipinski definition) is 1. The van der Waals surface area contributed by atoms with Crippen LogP contribution >= 0.6 is 11.8 Å². The molecule has 1 unspecified atom stereocenters. The highest BCUT2D eigenvalue weighted by Gasteiger charge is 2.36. The minimum absolute atomic E-state index is 0.279. The number of benzene rings is 2. The van der Waals surface area contributed by atoms with Crippen molar-refractivity contribution in [2.75, 3.05) is 36.8 Å². The van der Waals surface area contributed by atoms with Gasteiger partial charge in [0.25, 0.3) is 5.91 Å². The smallest absolute Gasteiger partial charge is 0.255 e. The van der Waals surface area contributed by atoms with E-state index in [1.54, 1.807) is 41.3 Å². The summed E-state index contributed by atoms with van der Waals surface area (Å²) in [5.74, 6) is 1.64. The predicted molar refractivity (Wildman–Crippen MR) is 127 cm³/mol. The molecule has 9 heteroatoms. The second kappa shape index (κ2) is 11.5. The highest BCUT2D eigenvalue weighted by Crippen LogP contribution is 2.40. The molecule has 0 aliphatic carbocycles. The number of hydrogen-bond acceptors (Lipinski definition) is 7. The van der Waals surface area contributed by atoms with Crippen LogP contribution in [-0.4, -0.2) is 54.2 Å². The molecule has 2 aromatic carbocycles. The lowest BCUT2D eigenvalue weighted by atomic mass is 10.1. The van der Waals surface area contributed by atoms with Crippen molar-refractivity contribution in [1.82, 2.24) is 4.90 Å². The van der Waals surface area contributed by atoms with Gasteiger partial charge in [0.2, 0.25) is 11.7 Å². The minimum Gasteiger partial charge on any atom is -0.490 e. The SMILES string of the molecule is CCOc1cc(C(=O)N2CSCC2C(=O)Nc2ccc(C#N)cc2)cc(OCC)c1OCC. The molecule has 0 aromatic heterocycles. The third kappa shape index (κ3) is 5.71. The largest absolute Gasteiger partial charge is 0.490 e. The summed E-state index contributed by atoms with van der Waals surface area (Å²) in [6.07, 6.45) is 0. The van der Waals surface area contributed by atoms with Crippen molar-refractivity contribution >= 4 is 29.3 Å². The molecule has 2 aromatic rings. The number of carbonyl (C=O) groups excluding carboxylic acids is 2. The maximum atomic E-state index is 13.4. The molecule has 2 amide bonds. The molecule has 0 radical (unpaired) electrons. The number of nitrogens with one attached hydrogen (secondary N) is 1. The van der Waals surface area contributed by atoms with Crippen LogP contribution in [0.25, 0.3) is 0 Å². The van der Waals surface area contributed by atoms with E-state index in [0.717, 1.165) is 0 Å². The van der Waals surface area contributed by atoms with E-state index in [1.165, 1.54) is 11.8 Å². The van der Waals surface area contributed by atoms with Crippen LogP contribution in [0.4, 0.5) is 5.69 Å². The molecule has 0 saturated carbocycles. The van der Waals surface area contributed by atoms with E-state index in [-0.39, 0.29) is 11.8 Å². The molecular formula is C24H27N3O5S. The summed E-state index contributed by atoms with van der Waals surface area (Å²) >= 11 is 1.51. The number of anilines is 1. The average Bonchev–Trinajstić information content (AvgIpc) is 3.31. The molecule has 8 nitrogen and oxygen atoms in total. The Bertz CT molecular complexity index is 1010. The Morgan fingerprint density at radius 1 is 1.06 bits per heavy atom. The zero-order chi connectivity index (χ0) is 23.8. The zero-order valence-corrected chi connectivity index (χ0v) is 19.7. The third-order valence-electron chi connectivity index (χ3n) is 4.88. The molecule has 33 heavy (non-hydrogen) atoms. The van der Waals surface area contributed by atoms with Gasteiger partial charge in [-0.2, -0.15) is 5.26 Å². The third-order valence-corrected chi connectivity index (χ3v) is 5.90. The molecule has 1 aliphatic heterocycles. The Morgan fingerprint density at radius 3 is 2.21 bits per heavy atom. The number of nitrogens with zero attached hydrogens (tertiary/aromatic N) is 2. The lowest BCUT2D eigenvalue weighted by Gasteiger charge is -2.24. The summed E-state index contributed by atoms with van der Waals surface area (Å²) in [5, 5.41) is 11.8. The van der Waals surface area contributed by atoms with E-state index in [0.29, 0.717) is 65.5 Å². The number of nitriles is 1. The first kappa shape index (κ1) is 24.3. The molecule has 1 N–H and O–H groups in total. The number of ether oxygens (including phenoxy) is 3. The molecular weight excluding hydrogens is 442 g/mol. The van der Waals surface area contributed by atoms with E-state index < -0.39 is 6.04 Å². The Morgan fingerprint density at radius 2 is 1.67 bits per heavy atom. The zero-order valence-electron chi connectivity index (χ0n) is 18.9. The predicted octanol–water partition coefficient (Wildman–Crippen LogP) is 3.91. The summed E-state index contributed by atoms with van der Waals surface area (Å²) in [6.45, 7) is 6.80. The Kier molecular flexibility index (Phi) is 8.44. The average molecular weight is 470 g/mol. The van der Waals surface area contributed by atoms with Crippen molar-refractivity contribution in [3.05, 3.63) is 47.5 Å². The van der Waals surface area contributed by atoms with E-state index in [2.05, 4.69) is 5.32 Å². The van der Waals surface area contributed by atoms with Crippen molar-refractivity contribution in [3.8, 4) is 23.3 Å². The van der Waals surface area contributed by atoms with Gasteiger partial charge in [-0.3, -0.25) is 9.59 Å². The number of thioether (sulfide) groups is 1. The maximum Gasteiger partial charge on any atom is 0.255 e. The Balaban J connectivity index is 1.84. The van der Waals surface area contributed by atoms with Crippen molar-refractivity contribution in [1.29, 1.82) is 5.26 Å². The molecule has 3 rings (SSSR count). The van der Waals surface area contributed by atoms with Crippen molar-refractivity contribution in [2.24, 2.45) is 0 Å². The highest BCUT2D eigenvalue weighted by atomic mass is 32.2. The van der Waals surface area contributed by atoms with Gasteiger partial charge in [-0.15, -0.1) is 11.8 Å².